The highest BCUT2D eigenvalue weighted by atomic mass is 19.1. The van der Waals surface area contributed by atoms with Crippen LogP contribution in [0.4, 0.5) is 4.39 Å². The maximum atomic E-state index is 13.4. The van der Waals surface area contributed by atoms with E-state index in [1.165, 1.54) is 6.07 Å². The van der Waals surface area contributed by atoms with Crippen molar-refractivity contribution in [3.05, 3.63) is 35.1 Å². The number of halogens is 1. The molecule has 1 atom stereocenters. The largest absolute Gasteiger partial charge is 0.380 e. The first-order valence-electron chi connectivity index (χ1n) is 4.66. The van der Waals surface area contributed by atoms with Crippen molar-refractivity contribution in [2.24, 2.45) is 5.73 Å². The predicted octanol–water partition coefficient (Wildman–Crippen LogP) is 2.03. The molecule has 1 aromatic carbocycles. The molecule has 0 aromatic heterocycles. The third kappa shape index (κ3) is 2.53. The maximum Gasteiger partial charge on any atom is 0.129 e. The van der Waals surface area contributed by atoms with Crippen molar-refractivity contribution in [1.82, 2.24) is 0 Å². The molecular formula is C11H16FNO. The summed E-state index contributed by atoms with van der Waals surface area (Å²) >= 11 is 0. The van der Waals surface area contributed by atoms with E-state index in [2.05, 4.69) is 0 Å². The van der Waals surface area contributed by atoms with Gasteiger partial charge in [0.2, 0.25) is 0 Å². The Morgan fingerprint density at radius 2 is 2.21 bits per heavy atom. The van der Waals surface area contributed by atoms with Gasteiger partial charge in [0.15, 0.2) is 0 Å². The normalized spacial score (nSPS) is 12.9. The number of hydrogen-bond acceptors (Lipinski definition) is 2. The first-order chi connectivity index (χ1) is 6.69. The van der Waals surface area contributed by atoms with Gasteiger partial charge in [0.05, 0.1) is 6.61 Å². The van der Waals surface area contributed by atoms with E-state index in [1.807, 2.05) is 13.0 Å². The maximum absolute atomic E-state index is 13.4. The highest BCUT2D eigenvalue weighted by Gasteiger charge is 2.07. The van der Waals surface area contributed by atoms with Crippen molar-refractivity contribution in [2.75, 3.05) is 13.7 Å². The molecule has 1 aromatic rings. The Bertz CT molecular complexity index is 301. The predicted molar refractivity (Wildman–Crippen MR) is 54.6 cm³/mol. The van der Waals surface area contributed by atoms with Crippen molar-refractivity contribution >= 4 is 0 Å². The molecule has 1 rings (SSSR count). The third-order valence-electron chi connectivity index (χ3n) is 2.30. The summed E-state index contributed by atoms with van der Waals surface area (Å²) in [6.07, 6.45) is 0. The zero-order valence-electron chi connectivity index (χ0n) is 8.59. The van der Waals surface area contributed by atoms with Crippen LogP contribution in [0, 0.1) is 5.82 Å². The molecule has 78 valence electrons. The highest BCUT2D eigenvalue weighted by molar-refractivity contribution is 5.26. The van der Waals surface area contributed by atoms with E-state index in [9.17, 15) is 4.39 Å². The minimum Gasteiger partial charge on any atom is -0.380 e. The second-order valence-corrected chi connectivity index (χ2v) is 3.42. The second kappa shape index (κ2) is 5.08. The Hall–Kier alpha value is -0.930. The lowest BCUT2D eigenvalue weighted by Gasteiger charge is -2.10. The SMILES string of the molecule is COCc1ccc(C(C)CN)cc1F. The van der Waals surface area contributed by atoms with Gasteiger partial charge in [-0.1, -0.05) is 19.1 Å². The van der Waals surface area contributed by atoms with Crippen molar-refractivity contribution < 1.29 is 9.13 Å². The number of rotatable bonds is 4. The molecule has 0 spiro atoms. The average molecular weight is 197 g/mol. The van der Waals surface area contributed by atoms with Crippen LogP contribution in [-0.4, -0.2) is 13.7 Å². The van der Waals surface area contributed by atoms with E-state index in [4.69, 9.17) is 10.5 Å². The summed E-state index contributed by atoms with van der Waals surface area (Å²) in [6.45, 7) is 2.82. The fourth-order valence-corrected chi connectivity index (χ4v) is 1.28. The molecule has 0 saturated carbocycles. The standard InChI is InChI=1S/C11H16FNO/c1-8(6-13)9-3-4-10(7-14-2)11(12)5-9/h3-5,8H,6-7,13H2,1-2H3. The van der Waals surface area contributed by atoms with Crippen LogP contribution < -0.4 is 5.73 Å². The first kappa shape index (κ1) is 11.1. The summed E-state index contributed by atoms with van der Waals surface area (Å²) in [6, 6.07) is 5.18. The third-order valence-corrected chi connectivity index (χ3v) is 2.30. The molecule has 0 saturated heterocycles. The molecule has 0 aliphatic carbocycles. The number of benzene rings is 1. The fraction of sp³-hybridized carbons (Fsp3) is 0.455. The number of methoxy groups -OCH3 is 1. The summed E-state index contributed by atoms with van der Waals surface area (Å²) in [5.74, 6) is -0.0225. The van der Waals surface area contributed by atoms with E-state index in [0.29, 0.717) is 18.7 Å². The minimum atomic E-state index is -0.218. The van der Waals surface area contributed by atoms with Crippen LogP contribution in [-0.2, 0) is 11.3 Å². The Kier molecular flexibility index (Phi) is 4.04. The van der Waals surface area contributed by atoms with Gasteiger partial charge < -0.3 is 10.5 Å². The van der Waals surface area contributed by atoms with Crippen molar-refractivity contribution in [1.29, 1.82) is 0 Å². The van der Waals surface area contributed by atoms with Crippen LogP contribution >= 0.6 is 0 Å². The molecule has 0 aliphatic heterocycles. The van der Waals surface area contributed by atoms with Gasteiger partial charge in [-0.25, -0.2) is 4.39 Å². The Labute approximate surface area is 83.9 Å². The lowest BCUT2D eigenvalue weighted by Crippen LogP contribution is -2.09. The van der Waals surface area contributed by atoms with Crippen molar-refractivity contribution in [3.63, 3.8) is 0 Å². The van der Waals surface area contributed by atoms with Crippen LogP contribution in [0.3, 0.4) is 0 Å². The first-order valence-corrected chi connectivity index (χ1v) is 4.66. The molecule has 1 unspecified atom stereocenters. The summed E-state index contributed by atoms with van der Waals surface area (Å²) in [7, 11) is 1.55. The molecular weight excluding hydrogens is 181 g/mol. The molecule has 0 heterocycles. The lowest BCUT2D eigenvalue weighted by atomic mass is 10.00. The fourth-order valence-electron chi connectivity index (χ4n) is 1.28. The van der Waals surface area contributed by atoms with E-state index in [0.717, 1.165) is 5.56 Å². The molecule has 0 bridgehead atoms. The minimum absolute atomic E-state index is 0.195. The molecule has 2 nitrogen and oxygen atoms in total. The van der Waals surface area contributed by atoms with Crippen LogP contribution in [0.15, 0.2) is 18.2 Å². The molecule has 3 heteroatoms. The van der Waals surface area contributed by atoms with Gasteiger partial charge in [-0.2, -0.15) is 0 Å². The zero-order chi connectivity index (χ0) is 10.6. The average Bonchev–Trinajstić information content (AvgIpc) is 2.20. The Morgan fingerprint density at radius 3 is 2.71 bits per heavy atom. The molecule has 0 amide bonds. The van der Waals surface area contributed by atoms with Gasteiger partial charge in [0.25, 0.3) is 0 Å². The Balaban J connectivity index is 2.88. The molecule has 0 radical (unpaired) electrons. The second-order valence-electron chi connectivity index (χ2n) is 3.42. The van der Waals surface area contributed by atoms with E-state index in [-0.39, 0.29) is 11.7 Å². The topological polar surface area (TPSA) is 35.2 Å². The van der Waals surface area contributed by atoms with Gasteiger partial charge in [-0.15, -0.1) is 0 Å². The van der Waals surface area contributed by atoms with Gasteiger partial charge in [0.1, 0.15) is 5.82 Å². The van der Waals surface area contributed by atoms with E-state index < -0.39 is 0 Å². The van der Waals surface area contributed by atoms with Gasteiger partial charge in [0, 0.05) is 12.7 Å². The zero-order valence-corrected chi connectivity index (χ0v) is 8.59. The summed E-state index contributed by atoms with van der Waals surface area (Å²) in [5.41, 5.74) is 7.02. The van der Waals surface area contributed by atoms with Gasteiger partial charge >= 0.3 is 0 Å². The number of nitrogens with two attached hydrogens (primary N) is 1. The molecule has 14 heavy (non-hydrogen) atoms. The van der Waals surface area contributed by atoms with Gasteiger partial charge in [-0.3, -0.25) is 0 Å². The Morgan fingerprint density at radius 1 is 1.50 bits per heavy atom. The monoisotopic (exact) mass is 197 g/mol. The lowest BCUT2D eigenvalue weighted by molar-refractivity contribution is 0.181. The number of ether oxygens (including phenoxy) is 1. The van der Waals surface area contributed by atoms with Crippen LogP contribution in [0.25, 0.3) is 0 Å². The highest BCUT2D eigenvalue weighted by Crippen LogP contribution is 2.18. The smallest absolute Gasteiger partial charge is 0.129 e. The quantitative estimate of drug-likeness (QED) is 0.801. The van der Waals surface area contributed by atoms with E-state index in [1.54, 1.807) is 13.2 Å². The van der Waals surface area contributed by atoms with Crippen molar-refractivity contribution in [2.45, 2.75) is 19.4 Å². The van der Waals surface area contributed by atoms with Gasteiger partial charge in [-0.05, 0) is 24.1 Å². The molecule has 2 N–H and O–H groups in total. The molecule has 0 fully saturated rings. The summed E-state index contributed by atoms with van der Waals surface area (Å²) < 4.78 is 18.3. The van der Waals surface area contributed by atoms with Crippen LogP contribution in [0.2, 0.25) is 0 Å². The van der Waals surface area contributed by atoms with Crippen LogP contribution in [0.5, 0.6) is 0 Å². The summed E-state index contributed by atoms with van der Waals surface area (Å²) in [5, 5.41) is 0. The summed E-state index contributed by atoms with van der Waals surface area (Å²) in [4.78, 5) is 0. The van der Waals surface area contributed by atoms with E-state index >= 15 is 0 Å². The number of hydrogen-bond donors (Lipinski definition) is 1. The van der Waals surface area contributed by atoms with Crippen LogP contribution in [0.1, 0.15) is 24.0 Å². The van der Waals surface area contributed by atoms with Crippen molar-refractivity contribution in [3.8, 4) is 0 Å². The molecule has 0 aliphatic rings.